The third kappa shape index (κ3) is 2.62. The molecule has 0 amide bonds. The molecular formula is C11H16NO2. The second kappa shape index (κ2) is 4.84. The SMILES string of the molecule is CCOC(=O)CCc1c(C)[c][nH]c1C. The number of hydrogen-bond acceptors (Lipinski definition) is 2. The first kappa shape index (κ1) is 10.8. The Labute approximate surface area is 84.5 Å². The van der Waals surface area contributed by atoms with E-state index in [1.807, 2.05) is 20.8 Å². The van der Waals surface area contributed by atoms with Crippen molar-refractivity contribution in [1.82, 2.24) is 4.98 Å². The maximum absolute atomic E-state index is 11.1. The number of rotatable bonds is 4. The fourth-order valence-corrected chi connectivity index (χ4v) is 1.45. The Morgan fingerprint density at radius 2 is 2.21 bits per heavy atom. The number of carbonyl (C=O) groups is 1. The number of aryl methyl sites for hydroxylation is 2. The summed E-state index contributed by atoms with van der Waals surface area (Å²) < 4.78 is 4.86. The van der Waals surface area contributed by atoms with Crippen LogP contribution in [0.2, 0.25) is 0 Å². The second-order valence-electron chi connectivity index (χ2n) is 3.28. The quantitative estimate of drug-likeness (QED) is 0.744. The van der Waals surface area contributed by atoms with Crippen molar-refractivity contribution in [3.8, 4) is 0 Å². The number of carbonyl (C=O) groups excluding carboxylic acids is 1. The molecule has 14 heavy (non-hydrogen) atoms. The summed E-state index contributed by atoms with van der Waals surface area (Å²) in [6.07, 6.45) is 4.19. The molecule has 0 spiro atoms. The number of aromatic amines is 1. The molecule has 0 bridgehead atoms. The molecule has 3 nitrogen and oxygen atoms in total. The number of hydrogen-bond donors (Lipinski definition) is 1. The molecule has 0 saturated carbocycles. The number of aromatic nitrogens is 1. The second-order valence-corrected chi connectivity index (χ2v) is 3.28. The van der Waals surface area contributed by atoms with Gasteiger partial charge in [-0.15, -0.1) is 0 Å². The molecule has 0 aliphatic rings. The van der Waals surface area contributed by atoms with E-state index in [1.165, 1.54) is 5.56 Å². The number of H-pyrrole nitrogens is 1. The highest BCUT2D eigenvalue weighted by Gasteiger charge is 2.08. The Kier molecular flexibility index (Phi) is 3.74. The van der Waals surface area contributed by atoms with Gasteiger partial charge < -0.3 is 9.72 Å². The summed E-state index contributed by atoms with van der Waals surface area (Å²) in [6.45, 7) is 6.25. The average Bonchev–Trinajstić information content (AvgIpc) is 2.44. The smallest absolute Gasteiger partial charge is 0.306 e. The first-order chi connectivity index (χ1) is 6.65. The van der Waals surface area contributed by atoms with Crippen LogP contribution in [-0.2, 0) is 16.0 Å². The summed E-state index contributed by atoms with van der Waals surface area (Å²) in [5.41, 5.74) is 3.36. The van der Waals surface area contributed by atoms with E-state index in [1.54, 1.807) is 0 Å². The topological polar surface area (TPSA) is 42.1 Å². The lowest BCUT2D eigenvalue weighted by Gasteiger charge is -2.02. The van der Waals surface area contributed by atoms with Gasteiger partial charge >= 0.3 is 5.97 Å². The van der Waals surface area contributed by atoms with Crippen molar-refractivity contribution in [3.05, 3.63) is 23.0 Å². The van der Waals surface area contributed by atoms with Crippen molar-refractivity contribution in [3.63, 3.8) is 0 Å². The van der Waals surface area contributed by atoms with E-state index in [9.17, 15) is 4.79 Å². The molecule has 1 rings (SSSR count). The molecular weight excluding hydrogens is 178 g/mol. The van der Waals surface area contributed by atoms with Crippen LogP contribution in [0.3, 0.4) is 0 Å². The van der Waals surface area contributed by atoms with Gasteiger partial charge in [0.05, 0.1) is 12.8 Å². The number of ether oxygens (including phenoxy) is 1. The zero-order valence-corrected chi connectivity index (χ0v) is 8.94. The normalized spacial score (nSPS) is 10.2. The van der Waals surface area contributed by atoms with Gasteiger partial charge in [0.2, 0.25) is 0 Å². The average molecular weight is 194 g/mol. The highest BCUT2D eigenvalue weighted by atomic mass is 16.5. The molecule has 0 unspecified atom stereocenters. The van der Waals surface area contributed by atoms with Gasteiger partial charge in [-0.1, -0.05) is 0 Å². The maximum atomic E-state index is 11.1. The highest BCUT2D eigenvalue weighted by molar-refractivity contribution is 5.69. The lowest BCUT2D eigenvalue weighted by molar-refractivity contribution is -0.143. The summed E-state index contributed by atoms with van der Waals surface area (Å²) in [7, 11) is 0. The monoisotopic (exact) mass is 194 g/mol. The number of esters is 1. The molecule has 1 radical (unpaired) electrons. The summed E-state index contributed by atoms with van der Waals surface area (Å²) in [6, 6.07) is 0. The summed E-state index contributed by atoms with van der Waals surface area (Å²) in [5.74, 6) is -0.132. The Morgan fingerprint density at radius 3 is 2.71 bits per heavy atom. The fourth-order valence-electron chi connectivity index (χ4n) is 1.45. The standard InChI is InChI=1S/C11H16NO2/c1-4-14-11(13)6-5-10-8(2)7-12-9(10)3/h12H,4-6H2,1-3H3. The van der Waals surface area contributed by atoms with Gasteiger partial charge in [-0.3, -0.25) is 4.79 Å². The van der Waals surface area contributed by atoms with Gasteiger partial charge in [0, 0.05) is 12.1 Å². The van der Waals surface area contributed by atoms with Crippen LogP contribution in [0.4, 0.5) is 0 Å². The molecule has 0 aliphatic heterocycles. The first-order valence-corrected chi connectivity index (χ1v) is 4.86. The molecule has 77 valence electrons. The minimum atomic E-state index is -0.132. The first-order valence-electron chi connectivity index (χ1n) is 4.86. The lowest BCUT2D eigenvalue weighted by atomic mass is 10.1. The molecule has 0 aliphatic carbocycles. The van der Waals surface area contributed by atoms with E-state index in [0.29, 0.717) is 13.0 Å². The predicted molar refractivity (Wildman–Crippen MR) is 54.1 cm³/mol. The van der Waals surface area contributed by atoms with Crippen LogP contribution in [0.5, 0.6) is 0 Å². The van der Waals surface area contributed by atoms with Crippen molar-refractivity contribution >= 4 is 5.97 Å². The molecule has 0 fully saturated rings. The fraction of sp³-hybridized carbons (Fsp3) is 0.545. The van der Waals surface area contributed by atoms with Gasteiger partial charge in [-0.25, -0.2) is 0 Å². The molecule has 1 heterocycles. The van der Waals surface area contributed by atoms with Gasteiger partial charge in [0.25, 0.3) is 0 Å². The third-order valence-corrected chi connectivity index (χ3v) is 2.23. The van der Waals surface area contributed by atoms with Gasteiger partial charge in [0.1, 0.15) is 0 Å². The van der Waals surface area contributed by atoms with Gasteiger partial charge in [0.15, 0.2) is 0 Å². The van der Waals surface area contributed by atoms with Crippen LogP contribution < -0.4 is 0 Å². The molecule has 0 atom stereocenters. The van der Waals surface area contributed by atoms with Crippen LogP contribution in [0.15, 0.2) is 0 Å². The van der Waals surface area contributed by atoms with Crippen LogP contribution in [0.25, 0.3) is 0 Å². The molecule has 0 aromatic carbocycles. The lowest BCUT2D eigenvalue weighted by Crippen LogP contribution is -2.05. The minimum Gasteiger partial charge on any atom is -0.466 e. The van der Waals surface area contributed by atoms with E-state index in [4.69, 9.17) is 4.74 Å². The minimum absolute atomic E-state index is 0.132. The zero-order chi connectivity index (χ0) is 10.6. The van der Waals surface area contributed by atoms with Crippen LogP contribution in [-0.4, -0.2) is 17.6 Å². The third-order valence-electron chi connectivity index (χ3n) is 2.23. The van der Waals surface area contributed by atoms with E-state index >= 15 is 0 Å². The maximum Gasteiger partial charge on any atom is 0.306 e. The molecule has 3 heteroatoms. The molecule has 1 N–H and O–H groups in total. The Hall–Kier alpha value is -1.25. The largest absolute Gasteiger partial charge is 0.466 e. The number of nitrogens with one attached hydrogen (secondary N) is 1. The van der Waals surface area contributed by atoms with Crippen molar-refractivity contribution in [2.24, 2.45) is 0 Å². The molecule has 1 aromatic heterocycles. The van der Waals surface area contributed by atoms with Crippen molar-refractivity contribution in [1.29, 1.82) is 0 Å². The predicted octanol–water partition coefficient (Wildman–Crippen LogP) is 1.93. The van der Waals surface area contributed by atoms with Crippen molar-refractivity contribution in [2.45, 2.75) is 33.6 Å². The Morgan fingerprint density at radius 1 is 1.50 bits per heavy atom. The molecule has 1 aromatic rings. The zero-order valence-electron chi connectivity index (χ0n) is 8.94. The van der Waals surface area contributed by atoms with Gasteiger partial charge in [-0.2, -0.15) is 0 Å². The van der Waals surface area contributed by atoms with E-state index in [-0.39, 0.29) is 5.97 Å². The summed E-state index contributed by atoms with van der Waals surface area (Å²) in [5, 5.41) is 0. The van der Waals surface area contributed by atoms with E-state index < -0.39 is 0 Å². The van der Waals surface area contributed by atoms with Crippen LogP contribution >= 0.6 is 0 Å². The van der Waals surface area contributed by atoms with Crippen LogP contribution in [0, 0.1) is 20.0 Å². The van der Waals surface area contributed by atoms with Crippen molar-refractivity contribution < 1.29 is 9.53 Å². The van der Waals surface area contributed by atoms with Crippen LogP contribution in [0.1, 0.15) is 30.2 Å². The van der Waals surface area contributed by atoms with Crippen molar-refractivity contribution in [2.75, 3.05) is 6.61 Å². The molecule has 0 saturated heterocycles. The van der Waals surface area contributed by atoms with E-state index in [0.717, 1.165) is 17.7 Å². The van der Waals surface area contributed by atoms with E-state index in [2.05, 4.69) is 11.2 Å². The summed E-state index contributed by atoms with van der Waals surface area (Å²) >= 11 is 0. The summed E-state index contributed by atoms with van der Waals surface area (Å²) in [4.78, 5) is 14.1. The van der Waals surface area contributed by atoms with Gasteiger partial charge in [-0.05, 0) is 38.3 Å². The Balaban J connectivity index is 2.49. The Bertz CT molecular complexity index is 296. The highest BCUT2D eigenvalue weighted by Crippen LogP contribution is 2.13.